The number of hydrogen-bond donors (Lipinski definition) is 1. The highest BCUT2D eigenvalue weighted by atomic mass is 35.5. The summed E-state index contributed by atoms with van der Waals surface area (Å²) in [6, 6.07) is 13.7. The molecule has 0 spiro atoms. The molecular weight excluding hydrogens is 238 g/mol. The molecule has 0 fully saturated rings. The molecule has 0 amide bonds. The number of nitrogens with two attached hydrogens (primary N) is 1. The fourth-order valence-corrected chi connectivity index (χ4v) is 2.70. The molecular formula is C13H12ClNS. The molecule has 16 heavy (non-hydrogen) atoms. The second-order valence-corrected chi connectivity index (χ2v) is 5.07. The third-order valence-electron chi connectivity index (χ3n) is 2.26. The van der Waals surface area contributed by atoms with Crippen LogP contribution >= 0.6 is 23.4 Å². The van der Waals surface area contributed by atoms with Gasteiger partial charge in [0.05, 0.1) is 0 Å². The maximum atomic E-state index is 5.95. The standard InChI is InChI=1S/C13H12ClNS/c1-9-4-2-7-12(15)13(9)16-11-6-3-5-10(14)8-11/h2-8H,15H2,1H3. The molecule has 0 aliphatic heterocycles. The summed E-state index contributed by atoms with van der Waals surface area (Å²) in [7, 11) is 0. The van der Waals surface area contributed by atoms with Crippen molar-refractivity contribution in [1.82, 2.24) is 0 Å². The van der Waals surface area contributed by atoms with Gasteiger partial charge in [-0.3, -0.25) is 0 Å². The SMILES string of the molecule is Cc1cccc(N)c1Sc1cccc(Cl)c1. The highest BCUT2D eigenvalue weighted by Crippen LogP contribution is 2.35. The monoisotopic (exact) mass is 249 g/mol. The molecule has 0 bridgehead atoms. The van der Waals surface area contributed by atoms with E-state index in [9.17, 15) is 0 Å². The molecule has 82 valence electrons. The smallest absolute Gasteiger partial charge is 0.0458 e. The maximum absolute atomic E-state index is 5.95. The first-order valence-corrected chi connectivity index (χ1v) is 6.15. The average Bonchev–Trinajstić information content (AvgIpc) is 2.24. The summed E-state index contributed by atoms with van der Waals surface area (Å²) < 4.78 is 0. The Bertz CT molecular complexity index is 491. The molecule has 2 aromatic rings. The van der Waals surface area contributed by atoms with Gasteiger partial charge >= 0.3 is 0 Å². The molecule has 0 aliphatic carbocycles. The van der Waals surface area contributed by atoms with Crippen LogP contribution in [0.2, 0.25) is 5.02 Å². The lowest BCUT2D eigenvalue weighted by Gasteiger charge is -2.08. The molecule has 2 aromatic carbocycles. The molecule has 0 saturated heterocycles. The lowest BCUT2D eigenvalue weighted by Crippen LogP contribution is -1.90. The van der Waals surface area contributed by atoms with Crippen LogP contribution in [0.25, 0.3) is 0 Å². The van der Waals surface area contributed by atoms with Gasteiger partial charge in [0.25, 0.3) is 0 Å². The van der Waals surface area contributed by atoms with E-state index in [-0.39, 0.29) is 0 Å². The third kappa shape index (κ3) is 2.52. The van der Waals surface area contributed by atoms with E-state index in [1.165, 1.54) is 5.56 Å². The topological polar surface area (TPSA) is 26.0 Å². The van der Waals surface area contributed by atoms with Crippen LogP contribution in [0.3, 0.4) is 0 Å². The average molecular weight is 250 g/mol. The molecule has 0 atom stereocenters. The number of hydrogen-bond acceptors (Lipinski definition) is 2. The summed E-state index contributed by atoms with van der Waals surface area (Å²) in [5.74, 6) is 0. The van der Waals surface area contributed by atoms with Crippen LogP contribution in [0.4, 0.5) is 5.69 Å². The molecule has 1 nitrogen and oxygen atoms in total. The first-order valence-electron chi connectivity index (χ1n) is 4.95. The molecule has 0 saturated carbocycles. The fraction of sp³-hybridized carbons (Fsp3) is 0.0769. The predicted molar refractivity (Wildman–Crippen MR) is 71.2 cm³/mol. The zero-order valence-corrected chi connectivity index (χ0v) is 10.5. The van der Waals surface area contributed by atoms with Crippen LogP contribution in [-0.2, 0) is 0 Å². The van der Waals surface area contributed by atoms with Crippen molar-refractivity contribution in [3.05, 3.63) is 53.1 Å². The van der Waals surface area contributed by atoms with Crippen LogP contribution in [0.15, 0.2) is 52.3 Å². The second-order valence-electron chi connectivity index (χ2n) is 3.55. The van der Waals surface area contributed by atoms with Crippen molar-refractivity contribution in [2.24, 2.45) is 0 Å². The Hall–Kier alpha value is -1.12. The molecule has 0 aliphatic rings. The van der Waals surface area contributed by atoms with Crippen molar-refractivity contribution in [3.8, 4) is 0 Å². The summed E-state index contributed by atoms with van der Waals surface area (Å²) in [5, 5.41) is 0.747. The summed E-state index contributed by atoms with van der Waals surface area (Å²) >= 11 is 7.59. The van der Waals surface area contributed by atoms with E-state index >= 15 is 0 Å². The van der Waals surface area contributed by atoms with Gasteiger partial charge < -0.3 is 5.73 Å². The Kier molecular flexibility index (Phi) is 3.42. The van der Waals surface area contributed by atoms with Crippen LogP contribution in [0.5, 0.6) is 0 Å². The highest BCUT2D eigenvalue weighted by Gasteiger charge is 2.05. The van der Waals surface area contributed by atoms with Crippen molar-refractivity contribution >= 4 is 29.1 Å². The van der Waals surface area contributed by atoms with Crippen molar-refractivity contribution in [2.45, 2.75) is 16.7 Å². The van der Waals surface area contributed by atoms with Gasteiger partial charge in [-0.15, -0.1) is 0 Å². The van der Waals surface area contributed by atoms with Gasteiger partial charge in [0.15, 0.2) is 0 Å². The summed E-state index contributed by atoms with van der Waals surface area (Å²) in [6.07, 6.45) is 0. The Morgan fingerprint density at radius 2 is 1.88 bits per heavy atom. The Labute approximate surface area is 105 Å². The summed E-state index contributed by atoms with van der Waals surface area (Å²) in [4.78, 5) is 2.21. The Balaban J connectivity index is 2.34. The van der Waals surface area contributed by atoms with E-state index in [0.717, 1.165) is 20.5 Å². The lowest BCUT2D eigenvalue weighted by molar-refractivity contribution is 1.30. The number of aryl methyl sites for hydroxylation is 1. The Morgan fingerprint density at radius 1 is 1.12 bits per heavy atom. The van der Waals surface area contributed by atoms with Crippen molar-refractivity contribution in [2.75, 3.05) is 5.73 Å². The molecule has 3 heteroatoms. The van der Waals surface area contributed by atoms with E-state index in [1.54, 1.807) is 11.8 Å². The van der Waals surface area contributed by atoms with Gasteiger partial charge in [-0.1, -0.05) is 41.6 Å². The molecule has 2 rings (SSSR count). The zero-order chi connectivity index (χ0) is 11.5. The van der Waals surface area contributed by atoms with Gasteiger partial charge in [-0.25, -0.2) is 0 Å². The fourth-order valence-electron chi connectivity index (χ4n) is 1.46. The van der Waals surface area contributed by atoms with Gasteiger partial charge in [-0.05, 0) is 36.8 Å². The van der Waals surface area contributed by atoms with Gasteiger partial charge in [0.2, 0.25) is 0 Å². The van der Waals surface area contributed by atoms with Crippen molar-refractivity contribution < 1.29 is 0 Å². The summed E-state index contributed by atoms with van der Waals surface area (Å²) in [6.45, 7) is 2.06. The highest BCUT2D eigenvalue weighted by molar-refractivity contribution is 7.99. The lowest BCUT2D eigenvalue weighted by atomic mass is 10.2. The number of benzene rings is 2. The molecule has 0 radical (unpaired) electrons. The number of nitrogen functional groups attached to an aromatic ring is 1. The molecule has 0 heterocycles. The van der Waals surface area contributed by atoms with Crippen LogP contribution in [-0.4, -0.2) is 0 Å². The van der Waals surface area contributed by atoms with Crippen LogP contribution < -0.4 is 5.73 Å². The largest absolute Gasteiger partial charge is 0.398 e. The third-order valence-corrected chi connectivity index (χ3v) is 3.74. The van der Waals surface area contributed by atoms with E-state index in [1.807, 2.05) is 36.4 Å². The van der Waals surface area contributed by atoms with Gasteiger partial charge in [-0.2, -0.15) is 0 Å². The minimum absolute atomic E-state index is 0.747. The van der Waals surface area contributed by atoms with E-state index in [0.29, 0.717) is 0 Å². The zero-order valence-electron chi connectivity index (χ0n) is 8.91. The Morgan fingerprint density at radius 3 is 2.56 bits per heavy atom. The summed E-state index contributed by atoms with van der Waals surface area (Å²) in [5.41, 5.74) is 7.95. The van der Waals surface area contributed by atoms with Gasteiger partial charge in [0, 0.05) is 20.5 Å². The maximum Gasteiger partial charge on any atom is 0.0458 e. The first kappa shape index (κ1) is 11.4. The van der Waals surface area contributed by atoms with Gasteiger partial charge in [0.1, 0.15) is 0 Å². The van der Waals surface area contributed by atoms with Crippen molar-refractivity contribution in [3.63, 3.8) is 0 Å². The quantitative estimate of drug-likeness (QED) is 0.800. The number of halogens is 1. The van der Waals surface area contributed by atoms with Crippen LogP contribution in [0.1, 0.15) is 5.56 Å². The molecule has 0 aromatic heterocycles. The van der Waals surface area contributed by atoms with E-state index in [4.69, 9.17) is 17.3 Å². The van der Waals surface area contributed by atoms with Crippen molar-refractivity contribution in [1.29, 1.82) is 0 Å². The van der Waals surface area contributed by atoms with E-state index < -0.39 is 0 Å². The molecule has 0 unspecified atom stereocenters. The molecule has 2 N–H and O–H groups in total. The van der Waals surface area contributed by atoms with Crippen LogP contribution in [0, 0.1) is 6.92 Å². The second kappa shape index (κ2) is 4.81. The number of anilines is 1. The minimum atomic E-state index is 0.747. The normalized spacial score (nSPS) is 10.4. The van der Waals surface area contributed by atoms with E-state index in [2.05, 4.69) is 13.0 Å². The minimum Gasteiger partial charge on any atom is -0.398 e. The predicted octanol–water partition coefficient (Wildman–Crippen LogP) is 4.38. The number of rotatable bonds is 2. The first-order chi connectivity index (χ1) is 7.66.